The molecule has 0 aromatic carbocycles. The predicted molar refractivity (Wildman–Crippen MR) is 51.3 cm³/mol. The first-order chi connectivity index (χ1) is 6.72. The van der Waals surface area contributed by atoms with Crippen LogP contribution in [-0.2, 0) is 7.05 Å². The maximum Gasteiger partial charge on any atom is 0.318 e. The molecule has 0 radical (unpaired) electrons. The lowest BCUT2D eigenvalue weighted by Gasteiger charge is -2.03. The molecule has 2 heterocycles. The van der Waals surface area contributed by atoms with Gasteiger partial charge >= 0.3 is 6.01 Å². The molecule has 0 amide bonds. The topological polar surface area (TPSA) is 57.0 Å². The highest BCUT2D eigenvalue weighted by molar-refractivity contribution is 5.73. The van der Waals surface area contributed by atoms with E-state index in [1.807, 2.05) is 0 Å². The molecule has 5 nitrogen and oxygen atoms in total. The third-order valence-electron chi connectivity index (χ3n) is 2.01. The minimum absolute atomic E-state index is 0.0988. The van der Waals surface area contributed by atoms with Crippen molar-refractivity contribution in [1.82, 2.24) is 14.5 Å². The number of hydrogen-bond acceptors (Lipinski definition) is 4. The number of ether oxygens (including phenoxy) is 1. The van der Waals surface area contributed by atoms with Gasteiger partial charge in [0.05, 0.1) is 7.11 Å². The molecule has 0 aliphatic carbocycles. The van der Waals surface area contributed by atoms with E-state index in [1.165, 1.54) is 17.7 Å². The standard InChI is InChI=1S/C9H9N3O2/c1-12-7(13)4-3-6-5-10-9(14-2)11-8(6)12/h3-5H,1-2H3. The molecule has 72 valence electrons. The molecule has 0 aliphatic heterocycles. The summed E-state index contributed by atoms with van der Waals surface area (Å²) in [4.78, 5) is 19.3. The molecule has 0 spiro atoms. The quantitative estimate of drug-likeness (QED) is 0.652. The normalized spacial score (nSPS) is 10.4. The van der Waals surface area contributed by atoms with Crippen molar-refractivity contribution in [2.24, 2.45) is 7.05 Å². The average molecular weight is 191 g/mol. The fourth-order valence-electron chi connectivity index (χ4n) is 1.23. The van der Waals surface area contributed by atoms with E-state index in [-0.39, 0.29) is 11.6 Å². The summed E-state index contributed by atoms with van der Waals surface area (Å²) >= 11 is 0. The first-order valence-corrected chi connectivity index (χ1v) is 4.09. The Balaban J connectivity index is 2.84. The van der Waals surface area contributed by atoms with Crippen molar-refractivity contribution in [3.8, 4) is 6.01 Å². The first kappa shape index (κ1) is 8.68. The lowest BCUT2D eigenvalue weighted by atomic mass is 10.3. The van der Waals surface area contributed by atoms with Gasteiger partial charge in [-0.3, -0.25) is 9.36 Å². The van der Waals surface area contributed by atoms with Crippen LogP contribution in [0.2, 0.25) is 0 Å². The van der Waals surface area contributed by atoms with Crippen LogP contribution in [-0.4, -0.2) is 21.6 Å². The van der Waals surface area contributed by atoms with Gasteiger partial charge in [-0.25, -0.2) is 4.98 Å². The van der Waals surface area contributed by atoms with Gasteiger partial charge in [-0.05, 0) is 6.07 Å². The van der Waals surface area contributed by atoms with Gasteiger partial charge in [0.25, 0.3) is 5.56 Å². The molecule has 14 heavy (non-hydrogen) atoms. The summed E-state index contributed by atoms with van der Waals surface area (Å²) in [7, 11) is 3.15. The highest BCUT2D eigenvalue weighted by atomic mass is 16.5. The van der Waals surface area contributed by atoms with Crippen LogP contribution < -0.4 is 10.3 Å². The SMILES string of the molecule is COc1ncc2ccc(=O)n(C)c2n1. The van der Waals surface area contributed by atoms with Crippen LogP contribution in [0.5, 0.6) is 6.01 Å². The zero-order valence-corrected chi connectivity index (χ0v) is 7.89. The van der Waals surface area contributed by atoms with Crippen LogP contribution >= 0.6 is 0 Å². The van der Waals surface area contributed by atoms with Crippen LogP contribution in [0, 0.1) is 0 Å². The van der Waals surface area contributed by atoms with Gasteiger partial charge < -0.3 is 4.74 Å². The van der Waals surface area contributed by atoms with E-state index >= 15 is 0 Å². The molecule has 0 bridgehead atoms. The van der Waals surface area contributed by atoms with Gasteiger partial charge in [-0.15, -0.1) is 0 Å². The van der Waals surface area contributed by atoms with Crippen LogP contribution in [0.3, 0.4) is 0 Å². The Bertz CT molecular complexity index is 533. The number of pyridine rings is 1. The van der Waals surface area contributed by atoms with Crippen LogP contribution in [0.15, 0.2) is 23.1 Å². The van der Waals surface area contributed by atoms with Crippen LogP contribution in [0.4, 0.5) is 0 Å². The Morgan fingerprint density at radius 2 is 2.21 bits per heavy atom. The summed E-state index contributed by atoms with van der Waals surface area (Å²) in [5.74, 6) is 0. The summed E-state index contributed by atoms with van der Waals surface area (Å²) in [6.07, 6.45) is 1.63. The fourth-order valence-corrected chi connectivity index (χ4v) is 1.23. The number of methoxy groups -OCH3 is 1. The number of aromatic nitrogens is 3. The average Bonchev–Trinajstić information content (AvgIpc) is 2.23. The van der Waals surface area contributed by atoms with Crippen LogP contribution in [0.25, 0.3) is 11.0 Å². The van der Waals surface area contributed by atoms with Gasteiger partial charge in [-0.1, -0.05) is 0 Å². The molecule has 0 N–H and O–H groups in total. The molecule has 0 unspecified atom stereocenters. The van der Waals surface area contributed by atoms with Gasteiger partial charge in [0.15, 0.2) is 0 Å². The summed E-state index contributed by atoms with van der Waals surface area (Å²) in [6, 6.07) is 3.44. The largest absolute Gasteiger partial charge is 0.467 e. The fraction of sp³-hybridized carbons (Fsp3) is 0.222. The maximum absolute atomic E-state index is 11.3. The molecule has 0 saturated carbocycles. The molecule has 0 aliphatic rings. The molecular weight excluding hydrogens is 182 g/mol. The van der Waals surface area contributed by atoms with E-state index in [4.69, 9.17) is 4.74 Å². The zero-order valence-electron chi connectivity index (χ0n) is 7.89. The van der Waals surface area contributed by atoms with Crippen molar-refractivity contribution in [1.29, 1.82) is 0 Å². The monoisotopic (exact) mass is 191 g/mol. The molecule has 0 saturated heterocycles. The number of rotatable bonds is 1. The number of fused-ring (bicyclic) bond motifs is 1. The van der Waals surface area contributed by atoms with Gasteiger partial charge in [0.2, 0.25) is 0 Å². The second-order valence-electron chi connectivity index (χ2n) is 2.87. The predicted octanol–water partition coefficient (Wildman–Crippen LogP) is 0.337. The van der Waals surface area contributed by atoms with Crippen molar-refractivity contribution in [2.75, 3.05) is 7.11 Å². The third kappa shape index (κ3) is 1.22. The van der Waals surface area contributed by atoms with Gasteiger partial charge in [0, 0.05) is 24.7 Å². The van der Waals surface area contributed by atoms with Crippen LogP contribution in [0.1, 0.15) is 0 Å². The molecule has 2 aromatic rings. The highest BCUT2D eigenvalue weighted by Crippen LogP contribution is 2.10. The van der Waals surface area contributed by atoms with E-state index in [9.17, 15) is 4.79 Å². The lowest BCUT2D eigenvalue weighted by molar-refractivity contribution is 0.381. The Morgan fingerprint density at radius 1 is 1.43 bits per heavy atom. The minimum Gasteiger partial charge on any atom is -0.467 e. The zero-order chi connectivity index (χ0) is 10.1. The van der Waals surface area contributed by atoms with E-state index in [1.54, 1.807) is 19.3 Å². The van der Waals surface area contributed by atoms with Crippen molar-refractivity contribution in [3.63, 3.8) is 0 Å². The van der Waals surface area contributed by atoms with E-state index in [0.717, 1.165) is 5.39 Å². The number of nitrogens with zero attached hydrogens (tertiary/aromatic N) is 3. The molecule has 2 rings (SSSR count). The second-order valence-corrected chi connectivity index (χ2v) is 2.87. The van der Waals surface area contributed by atoms with Crippen molar-refractivity contribution < 1.29 is 4.74 Å². The van der Waals surface area contributed by atoms with Gasteiger partial charge in [0.1, 0.15) is 5.65 Å². The second kappa shape index (κ2) is 3.10. The minimum atomic E-state index is -0.0988. The van der Waals surface area contributed by atoms with E-state index < -0.39 is 0 Å². The summed E-state index contributed by atoms with van der Waals surface area (Å²) in [6.45, 7) is 0. The van der Waals surface area contributed by atoms with E-state index in [2.05, 4.69) is 9.97 Å². The van der Waals surface area contributed by atoms with Crippen molar-refractivity contribution in [3.05, 3.63) is 28.7 Å². The molecule has 0 fully saturated rings. The molecule has 0 atom stereocenters. The first-order valence-electron chi connectivity index (χ1n) is 4.09. The third-order valence-corrected chi connectivity index (χ3v) is 2.01. The Kier molecular flexibility index (Phi) is 1.92. The van der Waals surface area contributed by atoms with Crippen molar-refractivity contribution >= 4 is 11.0 Å². The number of hydrogen-bond donors (Lipinski definition) is 0. The molecule has 5 heteroatoms. The summed E-state index contributed by atoms with van der Waals surface area (Å²) < 4.78 is 6.34. The molecular formula is C9H9N3O2. The Hall–Kier alpha value is -1.91. The Labute approximate surface area is 80.0 Å². The van der Waals surface area contributed by atoms with Crippen molar-refractivity contribution in [2.45, 2.75) is 0 Å². The highest BCUT2D eigenvalue weighted by Gasteiger charge is 2.02. The lowest BCUT2D eigenvalue weighted by Crippen LogP contribution is -2.16. The Morgan fingerprint density at radius 3 is 2.93 bits per heavy atom. The maximum atomic E-state index is 11.3. The van der Waals surface area contributed by atoms with Gasteiger partial charge in [-0.2, -0.15) is 4.98 Å². The van der Waals surface area contributed by atoms with E-state index in [0.29, 0.717) is 5.65 Å². The summed E-state index contributed by atoms with van der Waals surface area (Å²) in [5.41, 5.74) is 0.475. The smallest absolute Gasteiger partial charge is 0.318 e. The molecule has 2 aromatic heterocycles. The summed E-state index contributed by atoms with van der Waals surface area (Å²) in [5, 5.41) is 0.813. The number of aryl methyl sites for hydroxylation is 1.